The molecule has 2 rings (SSSR count). The highest BCUT2D eigenvalue weighted by atomic mass is 16.6. The average Bonchev–Trinajstić information content (AvgIpc) is 3.04. The first-order valence-corrected chi connectivity index (χ1v) is 7.00. The van der Waals surface area contributed by atoms with Crippen molar-refractivity contribution in [3.63, 3.8) is 0 Å². The molecule has 2 atom stereocenters. The van der Waals surface area contributed by atoms with Crippen molar-refractivity contribution in [2.24, 2.45) is 5.92 Å². The Balaban J connectivity index is 2.15. The predicted octanol–water partition coefficient (Wildman–Crippen LogP) is 1.01. The number of rotatable bonds is 6. The summed E-state index contributed by atoms with van der Waals surface area (Å²) in [5, 5.41) is 29.7. The van der Waals surface area contributed by atoms with Gasteiger partial charge in [-0.05, 0) is 19.9 Å². The molecule has 1 heterocycles. The molecular weight excluding hydrogens is 318 g/mol. The van der Waals surface area contributed by atoms with Crippen molar-refractivity contribution in [1.29, 1.82) is 0 Å². The van der Waals surface area contributed by atoms with Crippen LogP contribution in [0.25, 0.3) is 5.69 Å². The SMILES string of the molecule is CC(NC(=O)c1cn(-c2cccc([N+](=O)[O-])c2)nn1)C(C)C(=O)O. The van der Waals surface area contributed by atoms with Gasteiger partial charge in [-0.15, -0.1) is 5.10 Å². The molecule has 0 fully saturated rings. The fourth-order valence-corrected chi connectivity index (χ4v) is 1.86. The Morgan fingerprint density at radius 2 is 2.08 bits per heavy atom. The van der Waals surface area contributed by atoms with Gasteiger partial charge in [-0.1, -0.05) is 11.3 Å². The Labute approximate surface area is 136 Å². The highest BCUT2D eigenvalue weighted by Crippen LogP contribution is 2.16. The zero-order chi connectivity index (χ0) is 17.9. The standard InChI is InChI=1S/C14H15N5O5/c1-8(14(21)22)9(2)15-13(20)12-7-18(17-16-12)10-4-3-5-11(6-10)19(23)24/h3-9H,1-2H3,(H,15,20)(H,21,22). The first-order chi connectivity index (χ1) is 11.3. The van der Waals surface area contributed by atoms with Gasteiger partial charge in [0.2, 0.25) is 0 Å². The van der Waals surface area contributed by atoms with Gasteiger partial charge in [0, 0.05) is 18.2 Å². The number of non-ortho nitro benzene ring substituents is 1. The van der Waals surface area contributed by atoms with E-state index in [0.29, 0.717) is 5.69 Å². The van der Waals surface area contributed by atoms with E-state index in [4.69, 9.17) is 5.11 Å². The van der Waals surface area contributed by atoms with Crippen LogP contribution < -0.4 is 5.32 Å². The third-order valence-corrected chi connectivity index (χ3v) is 3.53. The van der Waals surface area contributed by atoms with Crippen LogP contribution in [0.15, 0.2) is 30.5 Å². The summed E-state index contributed by atoms with van der Waals surface area (Å²) in [6.45, 7) is 3.05. The summed E-state index contributed by atoms with van der Waals surface area (Å²) in [6.07, 6.45) is 1.31. The first kappa shape index (κ1) is 17.1. The van der Waals surface area contributed by atoms with Crippen molar-refractivity contribution in [3.05, 3.63) is 46.3 Å². The van der Waals surface area contributed by atoms with Gasteiger partial charge in [0.1, 0.15) is 0 Å². The molecule has 0 saturated carbocycles. The second kappa shape index (κ2) is 6.86. The molecule has 2 unspecified atom stereocenters. The number of carboxylic acids is 1. The molecule has 1 aromatic carbocycles. The molecule has 0 aliphatic rings. The zero-order valence-electron chi connectivity index (χ0n) is 12.9. The van der Waals surface area contributed by atoms with Crippen molar-refractivity contribution < 1.29 is 19.6 Å². The minimum atomic E-state index is -1.02. The van der Waals surface area contributed by atoms with E-state index in [1.54, 1.807) is 13.0 Å². The van der Waals surface area contributed by atoms with E-state index >= 15 is 0 Å². The summed E-state index contributed by atoms with van der Waals surface area (Å²) in [4.78, 5) is 33.2. The maximum Gasteiger partial charge on any atom is 0.308 e. The lowest BCUT2D eigenvalue weighted by molar-refractivity contribution is -0.384. The number of carbonyl (C=O) groups is 2. The van der Waals surface area contributed by atoms with Gasteiger partial charge in [-0.25, -0.2) is 4.68 Å². The van der Waals surface area contributed by atoms with Crippen LogP contribution >= 0.6 is 0 Å². The molecule has 10 nitrogen and oxygen atoms in total. The van der Waals surface area contributed by atoms with Crippen LogP contribution in [0.4, 0.5) is 5.69 Å². The summed E-state index contributed by atoms with van der Waals surface area (Å²) in [6, 6.07) is 5.11. The zero-order valence-corrected chi connectivity index (χ0v) is 12.9. The maximum atomic E-state index is 12.1. The third-order valence-electron chi connectivity index (χ3n) is 3.53. The average molecular weight is 333 g/mol. The number of nitrogens with one attached hydrogen (secondary N) is 1. The van der Waals surface area contributed by atoms with E-state index in [2.05, 4.69) is 15.6 Å². The predicted molar refractivity (Wildman–Crippen MR) is 81.7 cm³/mol. The number of aromatic nitrogens is 3. The summed E-state index contributed by atoms with van der Waals surface area (Å²) in [7, 11) is 0. The molecule has 10 heteroatoms. The number of carboxylic acid groups (broad SMARTS) is 1. The Bertz CT molecular complexity index is 787. The number of benzene rings is 1. The van der Waals surface area contributed by atoms with Gasteiger partial charge in [0.15, 0.2) is 5.69 Å². The largest absolute Gasteiger partial charge is 0.481 e. The van der Waals surface area contributed by atoms with Gasteiger partial charge in [-0.2, -0.15) is 0 Å². The number of nitro benzene ring substituents is 1. The van der Waals surface area contributed by atoms with Crippen molar-refractivity contribution in [2.75, 3.05) is 0 Å². The van der Waals surface area contributed by atoms with Gasteiger partial charge < -0.3 is 10.4 Å². The highest BCUT2D eigenvalue weighted by molar-refractivity contribution is 5.92. The van der Waals surface area contributed by atoms with Gasteiger partial charge in [0.25, 0.3) is 11.6 Å². The molecule has 2 N–H and O–H groups in total. The molecule has 0 radical (unpaired) electrons. The number of hydrogen-bond donors (Lipinski definition) is 2. The summed E-state index contributed by atoms with van der Waals surface area (Å²) in [5.74, 6) is -2.36. The molecule has 24 heavy (non-hydrogen) atoms. The summed E-state index contributed by atoms with van der Waals surface area (Å²) >= 11 is 0. The number of nitro groups is 1. The quantitative estimate of drug-likeness (QED) is 0.593. The van der Waals surface area contributed by atoms with Gasteiger partial charge in [0.05, 0.1) is 22.7 Å². The lowest BCUT2D eigenvalue weighted by atomic mass is 10.0. The molecule has 0 aliphatic carbocycles. The molecule has 0 saturated heterocycles. The van der Waals surface area contributed by atoms with E-state index in [1.165, 1.54) is 36.0 Å². The Morgan fingerprint density at radius 3 is 2.71 bits per heavy atom. The van der Waals surface area contributed by atoms with Gasteiger partial charge in [-0.3, -0.25) is 19.7 Å². The van der Waals surface area contributed by atoms with Crippen molar-refractivity contribution in [3.8, 4) is 5.69 Å². The number of amides is 1. The Hall–Kier alpha value is -3.30. The highest BCUT2D eigenvalue weighted by Gasteiger charge is 2.22. The fourth-order valence-electron chi connectivity index (χ4n) is 1.86. The first-order valence-electron chi connectivity index (χ1n) is 7.00. The lowest BCUT2D eigenvalue weighted by Gasteiger charge is -2.16. The Morgan fingerprint density at radius 1 is 1.38 bits per heavy atom. The molecular formula is C14H15N5O5. The van der Waals surface area contributed by atoms with E-state index in [9.17, 15) is 19.7 Å². The molecule has 1 aromatic heterocycles. The van der Waals surface area contributed by atoms with Crippen LogP contribution in [0.2, 0.25) is 0 Å². The van der Waals surface area contributed by atoms with E-state index < -0.39 is 28.8 Å². The molecule has 2 aromatic rings. The van der Waals surface area contributed by atoms with Crippen LogP contribution in [0.5, 0.6) is 0 Å². The van der Waals surface area contributed by atoms with Crippen LogP contribution in [-0.2, 0) is 4.79 Å². The van der Waals surface area contributed by atoms with Crippen molar-refractivity contribution >= 4 is 17.6 Å². The van der Waals surface area contributed by atoms with E-state index in [1.807, 2.05) is 0 Å². The number of aliphatic carboxylic acids is 1. The molecule has 1 amide bonds. The van der Waals surface area contributed by atoms with E-state index in [0.717, 1.165) is 0 Å². The Kier molecular flexibility index (Phi) is 4.87. The molecule has 126 valence electrons. The topological polar surface area (TPSA) is 140 Å². The lowest BCUT2D eigenvalue weighted by Crippen LogP contribution is -2.40. The number of hydrogen-bond acceptors (Lipinski definition) is 6. The number of carbonyl (C=O) groups excluding carboxylic acids is 1. The van der Waals surface area contributed by atoms with Crippen LogP contribution in [0.1, 0.15) is 24.3 Å². The summed E-state index contributed by atoms with van der Waals surface area (Å²) in [5.41, 5.74) is 0.242. The fraction of sp³-hybridized carbons (Fsp3) is 0.286. The van der Waals surface area contributed by atoms with E-state index in [-0.39, 0.29) is 11.4 Å². The van der Waals surface area contributed by atoms with Crippen molar-refractivity contribution in [2.45, 2.75) is 19.9 Å². The second-order valence-corrected chi connectivity index (χ2v) is 5.21. The maximum absolute atomic E-state index is 12.1. The minimum Gasteiger partial charge on any atom is -0.481 e. The smallest absolute Gasteiger partial charge is 0.308 e. The van der Waals surface area contributed by atoms with Crippen LogP contribution in [0.3, 0.4) is 0 Å². The van der Waals surface area contributed by atoms with Crippen molar-refractivity contribution in [1.82, 2.24) is 20.3 Å². The molecule has 0 aliphatic heterocycles. The normalized spacial score (nSPS) is 13.1. The second-order valence-electron chi connectivity index (χ2n) is 5.21. The molecule has 0 spiro atoms. The van der Waals surface area contributed by atoms with Gasteiger partial charge >= 0.3 is 5.97 Å². The molecule has 0 bridgehead atoms. The van der Waals surface area contributed by atoms with Crippen LogP contribution in [0, 0.1) is 16.0 Å². The summed E-state index contributed by atoms with van der Waals surface area (Å²) < 4.78 is 1.23. The van der Waals surface area contributed by atoms with Crippen LogP contribution in [-0.4, -0.2) is 42.9 Å². The number of nitrogens with zero attached hydrogens (tertiary/aromatic N) is 4. The minimum absolute atomic E-state index is 0.0223. The monoisotopic (exact) mass is 333 g/mol. The third kappa shape index (κ3) is 3.72.